The van der Waals surface area contributed by atoms with Crippen LogP contribution in [-0.4, -0.2) is 63.1 Å². The number of phenolic OH excluding ortho intramolecular Hbond substituents is 1. The molecule has 0 radical (unpaired) electrons. The van der Waals surface area contributed by atoms with Gasteiger partial charge in [-0.2, -0.15) is 0 Å². The van der Waals surface area contributed by atoms with Gasteiger partial charge in [0.25, 0.3) is 0 Å². The molecular weight excluding hydrogens is 597 g/mol. The first kappa shape index (κ1) is 30.1. The van der Waals surface area contributed by atoms with Gasteiger partial charge >= 0.3 is 14.2 Å². The zero-order valence-corrected chi connectivity index (χ0v) is 24.1. The topological polar surface area (TPSA) is 176 Å². The van der Waals surface area contributed by atoms with Crippen LogP contribution in [-0.2, 0) is 19.2 Å². The molecule has 2 heterocycles. The molecule has 2 aliphatic heterocycles. The van der Waals surface area contributed by atoms with Crippen LogP contribution in [0.15, 0.2) is 78.4 Å². The van der Waals surface area contributed by atoms with E-state index in [2.05, 4.69) is 0 Å². The number of fused-ring (bicyclic) bond motifs is 4. The number of phenols is 1. The van der Waals surface area contributed by atoms with Gasteiger partial charge in [0, 0.05) is 5.92 Å². The first-order chi connectivity index (χ1) is 22.0. The van der Waals surface area contributed by atoms with Gasteiger partial charge in [0.05, 0.1) is 35.0 Å². The molecular formula is C32H27B2FN2O9. The fourth-order valence-corrected chi connectivity index (χ4v) is 7.84. The van der Waals surface area contributed by atoms with E-state index in [1.54, 1.807) is 6.08 Å². The molecule has 4 aliphatic rings. The van der Waals surface area contributed by atoms with Crippen LogP contribution in [0.1, 0.15) is 24.3 Å². The summed E-state index contributed by atoms with van der Waals surface area (Å²) in [7, 11) is -3.66. The summed E-state index contributed by atoms with van der Waals surface area (Å²) in [6.45, 7) is 0. The maximum absolute atomic E-state index is 14.8. The molecule has 7 rings (SSSR count). The van der Waals surface area contributed by atoms with Crippen LogP contribution in [0.25, 0.3) is 0 Å². The first-order valence-electron chi connectivity index (χ1n) is 14.8. The van der Waals surface area contributed by atoms with Crippen LogP contribution in [0, 0.1) is 35.4 Å². The Morgan fingerprint density at radius 2 is 1.24 bits per heavy atom. The lowest BCUT2D eigenvalue weighted by Crippen LogP contribution is -2.43. The molecule has 6 atom stereocenters. The predicted octanol–water partition coefficient (Wildman–Crippen LogP) is -0.0639. The number of allylic oxidation sites excluding steroid dienone is 2. The smallest absolute Gasteiger partial charge is 0.488 e. The minimum Gasteiger partial charge on any atom is -0.505 e. The molecule has 5 N–H and O–H groups in total. The SMILES string of the molecule is O=C1[C@H]2[C@H](CC=C3[C@H]2C[C@H]2C(=O)N(c4cccc(B(O)O)c4)C(=O)[C@H]2[C@H]3c2ccc(O)c(F)c2)C(=O)N1c1cccc(B(O)O)c1. The Labute approximate surface area is 262 Å². The summed E-state index contributed by atoms with van der Waals surface area (Å²) in [6.07, 6.45) is 2.00. The number of rotatable bonds is 5. The first-order valence-corrected chi connectivity index (χ1v) is 14.8. The minimum absolute atomic E-state index is 0.0559. The molecule has 3 fully saturated rings. The molecule has 46 heavy (non-hydrogen) atoms. The van der Waals surface area contributed by atoms with Crippen molar-refractivity contribution >= 4 is 60.2 Å². The quantitative estimate of drug-likeness (QED) is 0.148. The van der Waals surface area contributed by atoms with Crippen LogP contribution < -0.4 is 20.7 Å². The third kappa shape index (κ3) is 4.51. The number of amides is 4. The molecule has 0 aromatic heterocycles. The van der Waals surface area contributed by atoms with Gasteiger partial charge in [-0.25, -0.2) is 4.39 Å². The van der Waals surface area contributed by atoms with Gasteiger partial charge in [0.1, 0.15) is 0 Å². The van der Waals surface area contributed by atoms with Crippen LogP contribution in [0.2, 0.25) is 0 Å². The second kappa shape index (κ2) is 11.0. The third-order valence-corrected chi connectivity index (χ3v) is 9.83. The maximum atomic E-state index is 14.8. The van der Waals surface area contributed by atoms with E-state index in [9.17, 15) is 48.8 Å². The Morgan fingerprint density at radius 1 is 0.674 bits per heavy atom. The van der Waals surface area contributed by atoms with E-state index in [-0.39, 0.29) is 35.1 Å². The van der Waals surface area contributed by atoms with Crippen molar-refractivity contribution in [2.24, 2.45) is 29.6 Å². The second-order valence-electron chi connectivity index (χ2n) is 12.2. The number of benzene rings is 3. The zero-order chi connectivity index (χ0) is 32.6. The fourth-order valence-electron chi connectivity index (χ4n) is 7.84. The van der Waals surface area contributed by atoms with Crippen LogP contribution >= 0.6 is 0 Å². The van der Waals surface area contributed by atoms with Crippen molar-refractivity contribution in [2.45, 2.75) is 18.8 Å². The monoisotopic (exact) mass is 624 g/mol. The molecule has 0 bridgehead atoms. The van der Waals surface area contributed by atoms with E-state index >= 15 is 0 Å². The molecule has 232 valence electrons. The average molecular weight is 624 g/mol. The molecule has 3 aromatic carbocycles. The van der Waals surface area contributed by atoms with E-state index in [4.69, 9.17) is 0 Å². The molecule has 1 saturated carbocycles. The molecule has 3 aromatic rings. The lowest BCUT2D eigenvalue weighted by molar-refractivity contribution is -0.126. The lowest BCUT2D eigenvalue weighted by Gasteiger charge is -2.44. The van der Waals surface area contributed by atoms with Crippen LogP contribution in [0.5, 0.6) is 5.75 Å². The van der Waals surface area contributed by atoms with E-state index in [1.807, 2.05) is 0 Å². The number of halogens is 1. The number of aromatic hydroxyl groups is 1. The summed E-state index contributed by atoms with van der Waals surface area (Å²) < 4.78 is 14.8. The zero-order valence-electron chi connectivity index (χ0n) is 24.1. The van der Waals surface area contributed by atoms with Crippen molar-refractivity contribution in [1.29, 1.82) is 0 Å². The molecule has 0 spiro atoms. The van der Waals surface area contributed by atoms with Crippen LogP contribution in [0.3, 0.4) is 0 Å². The van der Waals surface area contributed by atoms with Gasteiger partial charge in [-0.05, 0) is 71.6 Å². The Kier molecular flexibility index (Phi) is 7.20. The summed E-state index contributed by atoms with van der Waals surface area (Å²) in [5, 5.41) is 48.7. The highest BCUT2D eigenvalue weighted by molar-refractivity contribution is 6.59. The Balaban J connectivity index is 1.32. The molecule has 4 amide bonds. The second-order valence-corrected chi connectivity index (χ2v) is 12.2. The van der Waals surface area contributed by atoms with E-state index in [0.717, 1.165) is 21.9 Å². The molecule has 2 saturated heterocycles. The van der Waals surface area contributed by atoms with Crippen molar-refractivity contribution in [3.05, 3.63) is 89.8 Å². The van der Waals surface area contributed by atoms with Gasteiger partial charge in [-0.3, -0.25) is 29.0 Å². The Morgan fingerprint density at radius 3 is 1.80 bits per heavy atom. The highest BCUT2D eigenvalue weighted by Crippen LogP contribution is 2.58. The number of imide groups is 2. The number of hydrogen-bond acceptors (Lipinski definition) is 9. The highest BCUT2D eigenvalue weighted by atomic mass is 19.1. The summed E-state index contributed by atoms with van der Waals surface area (Å²) in [6, 6.07) is 15.3. The Hall–Kier alpha value is -4.62. The molecule has 2 aliphatic carbocycles. The van der Waals surface area contributed by atoms with Crippen molar-refractivity contribution in [3.63, 3.8) is 0 Å². The molecule has 14 heteroatoms. The molecule has 0 unspecified atom stereocenters. The standard InChI is InChI=1S/C32H27B2FN2O9/c35-24-11-15(7-10-25(24)38)26-20-8-9-21-27(31(41)36(29(21)39)18-5-1-3-16(12-18)33(43)44)22(20)14-23-28(26)32(42)37(30(23)40)19-6-2-4-17(13-19)34(45)46/h1-8,10-13,21-23,26-28,38,43-46H,9,14H2/t21-,22+,23+,26-,27-,28+/m0/s1. The number of anilines is 2. The molecule has 11 nitrogen and oxygen atoms in total. The lowest BCUT2D eigenvalue weighted by atomic mass is 9.57. The fraction of sp³-hybridized carbons (Fsp3) is 0.250. The van der Waals surface area contributed by atoms with Gasteiger partial charge in [0.2, 0.25) is 23.6 Å². The van der Waals surface area contributed by atoms with Crippen molar-refractivity contribution in [3.8, 4) is 5.75 Å². The van der Waals surface area contributed by atoms with E-state index < -0.39 is 84.9 Å². The highest BCUT2D eigenvalue weighted by Gasteiger charge is 2.62. The predicted molar refractivity (Wildman–Crippen MR) is 163 cm³/mol. The maximum Gasteiger partial charge on any atom is 0.488 e. The van der Waals surface area contributed by atoms with Crippen molar-refractivity contribution < 1.29 is 48.8 Å². The number of nitrogens with zero attached hydrogens (tertiary/aromatic N) is 2. The average Bonchev–Trinajstić information content (AvgIpc) is 3.45. The van der Waals surface area contributed by atoms with E-state index in [1.165, 1.54) is 54.6 Å². The van der Waals surface area contributed by atoms with Gasteiger partial charge in [-0.1, -0.05) is 42.0 Å². The summed E-state index contributed by atoms with van der Waals surface area (Å²) in [5.74, 6) is -8.81. The van der Waals surface area contributed by atoms with Crippen LogP contribution in [0.4, 0.5) is 15.8 Å². The van der Waals surface area contributed by atoms with Gasteiger partial charge in [0.15, 0.2) is 11.6 Å². The van der Waals surface area contributed by atoms with Crippen molar-refractivity contribution in [2.75, 3.05) is 9.80 Å². The van der Waals surface area contributed by atoms with Crippen molar-refractivity contribution in [1.82, 2.24) is 0 Å². The summed E-state index contributed by atoms with van der Waals surface area (Å²) >= 11 is 0. The summed E-state index contributed by atoms with van der Waals surface area (Å²) in [4.78, 5) is 58.0. The largest absolute Gasteiger partial charge is 0.505 e. The summed E-state index contributed by atoms with van der Waals surface area (Å²) in [5.41, 5.74) is 1.40. The minimum atomic E-state index is -1.84. The number of hydrogen-bond donors (Lipinski definition) is 5. The van der Waals surface area contributed by atoms with Gasteiger partial charge in [-0.15, -0.1) is 0 Å². The van der Waals surface area contributed by atoms with E-state index in [0.29, 0.717) is 11.1 Å². The third-order valence-electron chi connectivity index (χ3n) is 9.83. The van der Waals surface area contributed by atoms with Gasteiger partial charge < -0.3 is 25.2 Å². The Bertz CT molecular complexity index is 1850. The number of carbonyl (C=O) groups is 4. The number of carbonyl (C=O) groups excluding carboxylic acids is 4. The normalized spacial score (nSPS) is 26.9.